The highest BCUT2D eigenvalue weighted by Crippen LogP contribution is 2.21. The first-order valence-electron chi connectivity index (χ1n) is 8.57. The van der Waals surface area contributed by atoms with Gasteiger partial charge in [-0.2, -0.15) is 0 Å². The van der Waals surface area contributed by atoms with Crippen molar-refractivity contribution in [2.75, 3.05) is 7.11 Å². The van der Waals surface area contributed by atoms with Crippen LogP contribution < -0.4 is 4.74 Å². The number of methoxy groups -OCH3 is 1. The summed E-state index contributed by atoms with van der Waals surface area (Å²) in [6, 6.07) is 13.1. The fraction of sp³-hybridized carbons (Fsp3) is 0.136. The number of ether oxygens (including phenoxy) is 1. The molecular weight excluding hydrogens is 364 g/mol. The molecule has 0 radical (unpaired) electrons. The number of halogens is 2. The van der Waals surface area contributed by atoms with E-state index in [0.29, 0.717) is 11.3 Å². The lowest BCUT2D eigenvalue weighted by molar-refractivity contribution is 0.0890. The molecular formula is C22H17F2NO3. The molecule has 3 aromatic rings. The minimum absolute atomic E-state index is 0.0912. The lowest BCUT2D eigenvalue weighted by Crippen LogP contribution is -2.12. The quantitative estimate of drug-likeness (QED) is 0.449. The monoisotopic (exact) mass is 381 g/mol. The molecule has 0 saturated carbocycles. The molecule has 6 heteroatoms. The van der Waals surface area contributed by atoms with Gasteiger partial charge in [-0.05, 0) is 23.8 Å². The molecule has 0 bridgehead atoms. The van der Waals surface area contributed by atoms with Gasteiger partial charge in [0.2, 0.25) is 0 Å². The van der Waals surface area contributed by atoms with Crippen molar-refractivity contribution in [3.63, 3.8) is 0 Å². The Morgan fingerprint density at radius 1 is 0.964 bits per heavy atom. The molecule has 0 saturated heterocycles. The van der Waals surface area contributed by atoms with E-state index in [9.17, 15) is 18.4 Å². The number of hydrogen-bond acceptors (Lipinski definition) is 4. The van der Waals surface area contributed by atoms with Crippen LogP contribution in [-0.4, -0.2) is 23.7 Å². The Bertz CT molecular complexity index is 1010. The maximum atomic E-state index is 14.0. The van der Waals surface area contributed by atoms with E-state index >= 15 is 0 Å². The predicted octanol–water partition coefficient (Wildman–Crippen LogP) is 4.41. The van der Waals surface area contributed by atoms with Crippen LogP contribution in [0.4, 0.5) is 8.78 Å². The molecule has 0 aliphatic carbocycles. The van der Waals surface area contributed by atoms with Crippen LogP contribution in [0.5, 0.6) is 5.75 Å². The molecule has 0 aliphatic heterocycles. The van der Waals surface area contributed by atoms with E-state index in [1.807, 2.05) is 0 Å². The van der Waals surface area contributed by atoms with Gasteiger partial charge in [-0.1, -0.05) is 30.3 Å². The molecule has 0 spiro atoms. The van der Waals surface area contributed by atoms with Crippen LogP contribution in [0.15, 0.2) is 60.8 Å². The van der Waals surface area contributed by atoms with Crippen LogP contribution in [-0.2, 0) is 6.42 Å². The fourth-order valence-electron chi connectivity index (χ4n) is 2.86. The van der Waals surface area contributed by atoms with E-state index in [4.69, 9.17) is 4.74 Å². The van der Waals surface area contributed by atoms with Gasteiger partial charge < -0.3 is 4.74 Å². The molecule has 0 aliphatic rings. The zero-order valence-corrected chi connectivity index (χ0v) is 15.1. The van der Waals surface area contributed by atoms with Gasteiger partial charge in [0.1, 0.15) is 23.1 Å². The van der Waals surface area contributed by atoms with Crippen LogP contribution in [0.3, 0.4) is 0 Å². The van der Waals surface area contributed by atoms with Gasteiger partial charge in [-0.3, -0.25) is 14.6 Å². The first-order chi connectivity index (χ1) is 13.5. The minimum Gasteiger partial charge on any atom is -0.497 e. The maximum absolute atomic E-state index is 14.0. The van der Waals surface area contributed by atoms with Crippen LogP contribution in [0.2, 0.25) is 0 Å². The Morgan fingerprint density at radius 2 is 1.68 bits per heavy atom. The summed E-state index contributed by atoms with van der Waals surface area (Å²) in [5.74, 6) is -1.81. The van der Waals surface area contributed by atoms with Crippen molar-refractivity contribution in [1.82, 2.24) is 4.98 Å². The van der Waals surface area contributed by atoms with Gasteiger partial charge in [0.05, 0.1) is 13.5 Å². The zero-order chi connectivity index (χ0) is 20.1. The van der Waals surface area contributed by atoms with Gasteiger partial charge in [0.15, 0.2) is 11.6 Å². The molecule has 0 amide bonds. The van der Waals surface area contributed by atoms with Crippen molar-refractivity contribution in [2.45, 2.75) is 12.8 Å². The summed E-state index contributed by atoms with van der Waals surface area (Å²) in [7, 11) is 1.47. The average Bonchev–Trinajstić information content (AvgIpc) is 2.71. The molecule has 0 fully saturated rings. The van der Waals surface area contributed by atoms with E-state index < -0.39 is 29.6 Å². The Hall–Kier alpha value is -3.41. The first-order valence-corrected chi connectivity index (χ1v) is 8.57. The second-order valence-electron chi connectivity index (χ2n) is 6.14. The van der Waals surface area contributed by atoms with Gasteiger partial charge in [0.25, 0.3) is 0 Å². The number of pyridine rings is 1. The SMILES string of the molecule is COc1ccnc(C(=O)CC(=O)c2ccccc2Cc2c(F)cccc2F)c1. The number of ketones is 2. The third-order valence-corrected chi connectivity index (χ3v) is 4.32. The third-order valence-electron chi connectivity index (χ3n) is 4.32. The summed E-state index contributed by atoms with van der Waals surface area (Å²) in [6.45, 7) is 0. The highest BCUT2D eigenvalue weighted by atomic mass is 19.1. The second kappa shape index (κ2) is 8.52. The minimum atomic E-state index is -0.682. The Labute approximate surface area is 160 Å². The van der Waals surface area contributed by atoms with Crippen molar-refractivity contribution < 1.29 is 23.1 Å². The summed E-state index contributed by atoms with van der Waals surface area (Å²) >= 11 is 0. The molecule has 2 aromatic carbocycles. The first kappa shape index (κ1) is 19.4. The lowest BCUT2D eigenvalue weighted by atomic mass is 9.94. The van der Waals surface area contributed by atoms with E-state index in [-0.39, 0.29) is 23.2 Å². The summed E-state index contributed by atoms with van der Waals surface area (Å²) in [5.41, 5.74) is 0.693. The largest absolute Gasteiger partial charge is 0.497 e. The molecule has 0 atom stereocenters. The fourth-order valence-corrected chi connectivity index (χ4v) is 2.86. The summed E-state index contributed by atoms with van der Waals surface area (Å²) in [5, 5.41) is 0. The summed E-state index contributed by atoms with van der Waals surface area (Å²) in [6.07, 6.45) is 0.925. The van der Waals surface area contributed by atoms with Gasteiger partial charge in [0, 0.05) is 29.8 Å². The number of rotatable bonds is 7. The molecule has 3 rings (SSSR count). The lowest BCUT2D eigenvalue weighted by Gasteiger charge is -2.10. The number of benzene rings is 2. The highest BCUT2D eigenvalue weighted by Gasteiger charge is 2.19. The number of hydrogen-bond donors (Lipinski definition) is 0. The average molecular weight is 381 g/mol. The van der Waals surface area contributed by atoms with Gasteiger partial charge in [-0.15, -0.1) is 0 Å². The summed E-state index contributed by atoms with van der Waals surface area (Å²) in [4.78, 5) is 29.1. The number of nitrogens with zero attached hydrogens (tertiary/aromatic N) is 1. The van der Waals surface area contributed by atoms with Crippen LogP contribution in [0, 0.1) is 11.6 Å². The van der Waals surface area contributed by atoms with Crippen molar-refractivity contribution in [1.29, 1.82) is 0 Å². The van der Waals surface area contributed by atoms with E-state index in [0.717, 1.165) is 0 Å². The standard InChI is InChI=1S/C22H17F2NO3/c1-28-15-9-10-25-20(12-15)22(27)13-21(26)16-6-3-2-5-14(16)11-17-18(23)7-4-8-19(17)24/h2-10,12H,11,13H2,1H3. The Morgan fingerprint density at radius 3 is 2.39 bits per heavy atom. The number of carbonyl (C=O) groups is 2. The van der Waals surface area contributed by atoms with Gasteiger partial charge >= 0.3 is 0 Å². The molecule has 1 aromatic heterocycles. The molecule has 1 heterocycles. The number of aromatic nitrogens is 1. The molecule has 0 unspecified atom stereocenters. The normalized spacial score (nSPS) is 10.5. The van der Waals surface area contributed by atoms with Crippen molar-refractivity contribution in [3.05, 3.63) is 94.8 Å². The predicted molar refractivity (Wildman–Crippen MR) is 99.7 cm³/mol. The smallest absolute Gasteiger partial charge is 0.189 e. The van der Waals surface area contributed by atoms with E-state index in [1.165, 1.54) is 37.6 Å². The van der Waals surface area contributed by atoms with Gasteiger partial charge in [-0.25, -0.2) is 8.78 Å². The third kappa shape index (κ3) is 4.28. The molecule has 0 N–H and O–H groups in total. The zero-order valence-electron chi connectivity index (χ0n) is 15.1. The molecule has 142 valence electrons. The van der Waals surface area contributed by atoms with E-state index in [2.05, 4.69) is 4.98 Å². The second-order valence-corrected chi connectivity index (χ2v) is 6.14. The topological polar surface area (TPSA) is 56.3 Å². The number of Topliss-reactive ketones (excluding diaryl/α,β-unsaturated/α-hetero) is 2. The molecule has 28 heavy (non-hydrogen) atoms. The maximum Gasteiger partial charge on any atom is 0.189 e. The number of carbonyl (C=O) groups excluding carboxylic acids is 2. The van der Waals surface area contributed by atoms with Crippen LogP contribution in [0.25, 0.3) is 0 Å². The van der Waals surface area contributed by atoms with Crippen LogP contribution in [0.1, 0.15) is 38.4 Å². The van der Waals surface area contributed by atoms with Crippen molar-refractivity contribution in [2.24, 2.45) is 0 Å². The Kier molecular flexibility index (Phi) is 5.89. The summed E-state index contributed by atoms with van der Waals surface area (Å²) < 4.78 is 33.0. The Balaban J connectivity index is 1.84. The molecule has 4 nitrogen and oxygen atoms in total. The highest BCUT2D eigenvalue weighted by molar-refractivity contribution is 6.13. The van der Waals surface area contributed by atoms with Crippen molar-refractivity contribution >= 4 is 11.6 Å². The van der Waals surface area contributed by atoms with Crippen LogP contribution >= 0.6 is 0 Å². The van der Waals surface area contributed by atoms with Crippen molar-refractivity contribution in [3.8, 4) is 5.75 Å². The van der Waals surface area contributed by atoms with E-state index in [1.54, 1.807) is 30.3 Å².